The molecule has 53 heavy (non-hydrogen) atoms. The molecule has 0 unspecified atom stereocenters. The van der Waals surface area contributed by atoms with Gasteiger partial charge in [-0.1, -0.05) is 57.9 Å². The van der Waals surface area contributed by atoms with E-state index in [0.717, 1.165) is 25.7 Å². The van der Waals surface area contributed by atoms with Crippen LogP contribution in [0.15, 0.2) is 23.3 Å². The van der Waals surface area contributed by atoms with Crippen LogP contribution in [0.5, 0.6) is 0 Å². The van der Waals surface area contributed by atoms with Crippen LogP contribution < -0.4 is 0 Å². The molecule has 2 heterocycles. The predicted octanol–water partition coefficient (Wildman–Crippen LogP) is 2.56. The van der Waals surface area contributed by atoms with Crippen molar-refractivity contribution < 1.29 is 59.8 Å². The van der Waals surface area contributed by atoms with Gasteiger partial charge in [0.15, 0.2) is 12.6 Å². The van der Waals surface area contributed by atoms with E-state index in [0.29, 0.717) is 19.3 Å². The zero-order chi connectivity index (χ0) is 39.0. The Bertz CT molecular complexity index is 1370. The third-order valence-electron chi connectivity index (χ3n) is 15.7. The summed E-state index contributed by atoms with van der Waals surface area (Å²) in [5.74, 6) is 0.179. The number of aliphatic hydroxyl groups is 8. The summed E-state index contributed by atoms with van der Waals surface area (Å²) in [4.78, 5) is 0. The van der Waals surface area contributed by atoms with E-state index in [1.54, 1.807) is 0 Å². The molecule has 0 bridgehead atoms. The van der Waals surface area contributed by atoms with E-state index in [-0.39, 0.29) is 46.5 Å². The van der Waals surface area contributed by atoms with Crippen molar-refractivity contribution >= 4 is 0 Å². The van der Waals surface area contributed by atoms with Gasteiger partial charge >= 0.3 is 0 Å². The molecule has 0 amide bonds. The van der Waals surface area contributed by atoms with Gasteiger partial charge in [-0.05, 0) is 111 Å². The molecule has 12 heteroatoms. The molecule has 0 aromatic carbocycles. The van der Waals surface area contributed by atoms with Gasteiger partial charge in [-0.25, -0.2) is 0 Å². The van der Waals surface area contributed by atoms with E-state index in [1.807, 2.05) is 0 Å². The first-order valence-corrected chi connectivity index (χ1v) is 20.0. The van der Waals surface area contributed by atoms with Gasteiger partial charge in [0, 0.05) is 0 Å². The Kier molecular flexibility index (Phi) is 11.8. The Morgan fingerprint density at radius 2 is 1.47 bits per heavy atom. The molecule has 12 nitrogen and oxygen atoms in total. The molecule has 0 spiro atoms. The highest BCUT2D eigenvalue weighted by Gasteiger charge is 2.73. The minimum Gasteiger partial charge on any atom is -0.394 e. The highest BCUT2D eigenvalue weighted by molar-refractivity contribution is 5.24. The summed E-state index contributed by atoms with van der Waals surface area (Å²) in [6.45, 7) is 16.6. The lowest BCUT2D eigenvalue weighted by molar-refractivity contribution is -0.377. The van der Waals surface area contributed by atoms with Crippen molar-refractivity contribution in [1.29, 1.82) is 0 Å². The molecule has 0 radical (unpaired) electrons. The molecule has 8 N–H and O–H groups in total. The Labute approximate surface area is 315 Å². The molecule has 4 saturated carbocycles. The lowest BCUT2D eigenvalue weighted by Gasteiger charge is -2.72. The third kappa shape index (κ3) is 6.82. The molecule has 4 aliphatic carbocycles. The number of rotatable bonds is 8. The Morgan fingerprint density at radius 3 is 2.13 bits per heavy atom. The van der Waals surface area contributed by atoms with Crippen LogP contribution in [0.2, 0.25) is 0 Å². The third-order valence-corrected chi connectivity index (χ3v) is 15.7. The quantitative estimate of drug-likeness (QED) is 0.134. The number of allylic oxidation sites excluding steroid dienone is 4. The number of ether oxygens (including phenoxy) is 4. The minimum absolute atomic E-state index is 0.0409. The first-order chi connectivity index (χ1) is 24.7. The number of aliphatic hydroxyl groups excluding tert-OH is 8. The van der Waals surface area contributed by atoms with Gasteiger partial charge in [-0.15, -0.1) is 0 Å². The normalized spacial score (nSPS) is 52.6. The predicted molar refractivity (Wildman–Crippen MR) is 195 cm³/mol. The highest BCUT2D eigenvalue weighted by atomic mass is 16.8. The average molecular weight is 753 g/mol. The van der Waals surface area contributed by atoms with E-state index >= 15 is 0 Å². The van der Waals surface area contributed by atoms with Crippen molar-refractivity contribution in [2.24, 2.45) is 45.3 Å². The Morgan fingerprint density at radius 1 is 0.774 bits per heavy atom. The van der Waals surface area contributed by atoms with Crippen LogP contribution in [0.25, 0.3) is 0 Å². The first kappa shape index (κ1) is 41.6. The largest absolute Gasteiger partial charge is 0.394 e. The topological polar surface area (TPSA) is 199 Å². The van der Waals surface area contributed by atoms with Crippen molar-refractivity contribution in [3.63, 3.8) is 0 Å². The summed E-state index contributed by atoms with van der Waals surface area (Å²) in [5, 5.41) is 87.5. The average Bonchev–Trinajstić information content (AvgIpc) is 3.47. The molecule has 6 fully saturated rings. The number of fused-ring (bicyclic) bond motifs is 5. The maximum atomic E-state index is 12.2. The number of hydrogen-bond acceptors (Lipinski definition) is 12. The van der Waals surface area contributed by atoms with Crippen molar-refractivity contribution in [2.75, 3.05) is 13.2 Å². The van der Waals surface area contributed by atoms with Crippen LogP contribution in [0.3, 0.4) is 0 Å². The van der Waals surface area contributed by atoms with Crippen molar-refractivity contribution in [3.05, 3.63) is 23.3 Å². The molecule has 0 aromatic heterocycles. The molecule has 2 saturated heterocycles. The van der Waals surface area contributed by atoms with E-state index in [9.17, 15) is 40.9 Å². The minimum atomic E-state index is -1.66. The summed E-state index contributed by atoms with van der Waals surface area (Å²) >= 11 is 0. The van der Waals surface area contributed by atoms with Crippen molar-refractivity contribution in [1.82, 2.24) is 0 Å². The highest BCUT2D eigenvalue weighted by Crippen LogP contribution is 2.76. The fraction of sp³-hybridized carbons (Fsp3) is 0.902. The SMILES string of the molecule is CC(C)=CC/C=C(\C)[C@H]1CC[C@]2(C)[C@@H]1[C@H](O)C[C@@H]1[C@@]3(C)CC[C@H](O)C(C)(C)[C@@H]3[C@@H](O[C@@H]3O[C@H](CO)[C@@H](O)[C@H](O)[C@H]3O[C@@H]3OC[C@@H](O)[C@H](O)[C@H]3O)C[C@]12C. The zero-order valence-electron chi connectivity index (χ0n) is 33.0. The van der Waals surface area contributed by atoms with Crippen LogP contribution in [0.1, 0.15) is 100 Å². The molecule has 2 aliphatic heterocycles. The van der Waals surface area contributed by atoms with Gasteiger partial charge < -0.3 is 59.8 Å². The lowest BCUT2D eigenvalue weighted by atomic mass is 9.34. The fourth-order valence-corrected chi connectivity index (χ4v) is 12.7. The molecule has 19 atom stereocenters. The van der Waals surface area contributed by atoms with Gasteiger partial charge in [0.05, 0.1) is 31.5 Å². The number of hydrogen-bond donors (Lipinski definition) is 8. The Hall–Kier alpha value is -1.00. The van der Waals surface area contributed by atoms with Crippen LogP contribution >= 0.6 is 0 Å². The standard InChI is InChI=1S/C41H68O12/c1-20(2)10-9-11-21(3)22-12-15-40(7)29(22)23(43)16-27-39(6)14-13-28(45)38(4,5)35(39)25(17-41(27,40)8)51-37-34(32(48)31(47)26(18-42)52-37)53-36-33(49)30(46)24(44)19-50-36/h10-11,22-37,42-49H,9,12-19H2,1-8H3/b21-11+/t22-,23-,24-,25+,26-,27-,28+,29+,30+,31-,32+,33-,34-,35+,36+,37-,39-,40-,41-/m1/s1. The summed E-state index contributed by atoms with van der Waals surface area (Å²) in [5.41, 5.74) is 1.02. The molecule has 304 valence electrons. The second-order valence-electron chi connectivity index (χ2n) is 19.1. The van der Waals surface area contributed by atoms with Crippen LogP contribution in [-0.4, -0.2) is 128 Å². The summed E-state index contributed by atoms with van der Waals surface area (Å²) < 4.78 is 24.8. The summed E-state index contributed by atoms with van der Waals surface area (Å²) in [6.07, 6.45) is -4.97. The second-order valence-corrected chi connectivity index (χ2v) is 19.1. The first-order valence-electron chi connectivity index (χ1n) is 20.0. The van der Waals surface area contributed by atoms with Gasteiger partial charge in [-0.2, -0.15) is 0 Å². The van der Waals surface area contributed by atoms with E-state index in [1.165, 1.54) is 11.1 Å². The molecule has 6 aliphatic rings. The van der Waals surface area contributed by atoms with Crippen molar-refractivity contribution in [2.45, 2.75) is 174 Å². The van der Waals surface area contributed by atoms with Gasteiger partial charge in [0.25, 0.3) is 0 Å². The molecular weight excluding hydrogens is 684 g/mol. The smallest absolute Gasteiger partial charge is 0.187 e. The van der Waals surface area contributed by atoms with Gasteiger partial charge in [0.2, 0.25) is 0 Å². The van der Waals surface area contributed by atoms with E-state index < -0.39 is 85.6 Å². The van der Waals surface area contributed by atoms with Crippen molar-refractivity contribution in [3.8, 4) is 0 Å². The zero-order valence-corrected chi connectivity index (χ0v) is 33.0. The molecule has 0 aromatic rings. The molecule has 6 rings (SSSR count). The fourth-order valence-electron chi connectivity index (χ4n) is 12.7. The maximum Gasteiger partial charge on any atom is 0.187 e. The van der Waals surface area contributed by atoms with E-state index in [2.05, 4.69) is 67.5 Å². The van der Waals surface area contributed by atoms with E-state index in [4.69, 9.17) is 18.9 Å². The second kappa shape index (κ2) is 15.1. The van der Waals surface area contributed by atoms with Crippen LogP contribution in [0.4, 0.5) is 0 Å². The Balaban J connectivity index is 1.38. The lowest BCUT2D eigenvalue weighted by Crippen LogP contribution is -2.71. The van der Waals surface area contributed by atoms with Crippen LogP contribution in [0, 0.1) is 45.3 Å². The summed E-state index contributed by atoms with van der Waals surface area (Å²) in [6, 6.07) is 0. The van der Waals surface area contributed by atoms with Gasteiger partial charge in [0.1, 0.15) is 42.7 Å². The van der Waals surface area contributed by atoms with Crippen LogP contribution in [-0.2, 0) is 18.9 Å². The molecular formula is C41H68O12. The summed E-state index contributed by atoms with van der Waals surface area (Å²) in [7, 11) is 0. The monoisotopic (exact) mass is 752 g/mol. The maximum absolute atomic E-state index is 12.2. The van der Waals surface area contributed by atoms with Gasteiger partial charge in [-0.3, -0.25) is 0 Å².